The molecule has 0 bridgehead atoms. The highest BCUT2D eigenvalue weighted by Crippen LogP contribution is 2.30. The molecule has 0 saturated heterocycles. The Morgan fingerprint density at radius 1 is 1.17 bits per heavy atom. The number of thioether (sulfide) groups is 1. The van der Waals surface area contributed by atoms with E-state index in [9.17, 15) is 18.0 Å². The molecular formula is C19H15Cl2F3N2O2S. The molecule has 1 heterocycles. The molecule has 0 saturated carbocycles. The van der Waals surface area contributed by atoms with E-state index in [1.165, 1.54) is 34.9 Å². The Morgan fingerprint density at radius 3 is 2.55 bits per heavy atom. The number of carbonyl (C=O) groups is 1. The van der Waals surface area contributed by atoms with Crippen molar-refractivity contribution < 1.29 is 22.7 Å². The Labute approximate surface area is 179 Å². The Bertz CT molecular complexity index is 921. The van der Waals surface area contributed by atoms with E-state index in [0.29, 0.717) is 45.4 Å². The van der Waals surface area contributed by atoms with Gasteiger partial charge in [0.1, 0.15) is 5.75 Å². The highest BCUT2D eigenvalue weighted by Gasteiger charge is 2.30. The minimum Gasteiger partial charge on any atom is -0.482 e. The van der Waals surface area contributed by atoms with E-state index >= 15 is 0 Å². The summed E-state index contributed by atoms with van der Waals surface area (Å²) in [5, 5.41) is 1.28. The predicted molar refractivity (Wildman–Crippen MR) is 109 cm³/mol. The van der Waals surface area contributed by atoms with Gasteiger partial charge in [-0.2, -0.15) is 13.2 Å². The van der Waals surface area contributed by atoms with Crippen molar-refractivity contribution in [1.29, 1.82) is 0 Å². The Balaban J connectivity index is 1.54. The largest absolute Gasteiger partial charge is 0.482 e. The molecule has 0 fully saturated rings. The number of nitrogens with zero attached hydrogens (tertiary/aromatic N) is 2. The van der Waals surface area contributed by atoms with Gasteiger partial charge in [0, 0.05) is 17.3 Å². The van der Waals surface area contributed by atoms with Crippen molar-refractivity contribution in [3.63, 3.8) is 0 Å². The first kappa shape index (κ1) is 21.8. The Morgan fingerprint density at radius 2 is 1.90 bits per heavy atom. The van der Waals surface area contributed by atoms with Crippen molar-refractivity contribution in [1.82, 2.24) is 4.90 Å². The van der Waals surface area contributed by atoms with Crippen LogP contribution in [-0.4, -0.2) is 35.7 Å². The maximum atomic E-state index is 12.6. The van der Waals surface area contributed by atoms with Gasteiger partial charge in [-0.05, 0) is 35.9 Å². The first-order valence-electron chi connectivity index (χ1n) is 8.45. The third-order valence-electron chi connectivity index (χ3n) is 4.00. The standard InChI is InChI=1S/C19H15Cl2F3N2O2S/c20-14-5-6-16(15(21)9-14)28-10-17(27)26-8-7-25-18(26)29-11-12-1-3-13(4-2-12)19(22,23)24/h1-6,9H,7-8,10-11H2. The normalized spacial score (nSPS) is 14.1. The quantitative estimate of drug-likeness (QED) is 0.587. The molecule has 2 aromatic rings. The second-order valence-electron chi connectivity index (χ2n) is 6.06. The summed E-state index contributed by atoms with van der Waals surface area (Å²) in [7, 11) is 0. The van der Waals surface area contributed by atoms with Crippen LogP contribution in [0.3, 0.4) is 0 Å². The van der Waals surface area contributed by atoms with E-state index in [1.54, 1.807) is 12.1 Å². The van der Waals surface area contributed by atoms with Gasteiger partial charge in [0.05, 0.1) is 17.1 Å². The fourth-order valence-electron chi connectivity index (χ4n) is 2.53. The molecule has 29 heavy (non-hydrogen) atoms. The molecule has 0 aromatic heterocycles. The van der Waals surface area contributed by atoms with Crippen molar-refractivity contribution in [3.8, 4) is 5.75 Å². The summed E-state index contributed by atoms with van der Waals surface area (Å²) in [5.41, 5.74) is 0.00784. The van der Waals surface area contributed by atoms with Gasteiger partial charge in [-0.1, -0.05) is 47.1 Å². The van der Waals surface area contributed by atoms with Crippen LogP contribution in [0.5, 0.6) is 5.75 Å². The van der Waals surface area contributed by atoms with E-state index in [0.717, 1.165) is 12.1 Å². The summed E-state index contributed by atoms with van der Waals surface area (Å²) in [4.78, 5) is 18.3. The number of hydrogen-bond acceptors (Lipinski definition) is 4. The number of aliphatic imine (C=N–C) groups is 1. The topological polar surface area (TPSA) is 41.9 Å². The number of alkyl halides is 3. The SMILES string of the molecule is O=C(COc1ccc(Cl)cc1Cl)N1CCN=C1SCc1ccc(C(F)(F)F)cc1. The molecule has 2 aromatic carbocycles. The van der Waals surface area contributed by atoms with Gasteiger partial charge in [0.15, 0.2) is 11.8 Å². The number of ether oxygens (including phenoxy) is 1. The third kappa shape index (κ3) is 5.81. The lowest BCUT2D eigenvalue weighted by Crippen LogP contribution is -2.36. The van der Waals surface area contributed by atoms with Crippen molar-refractivity contribution in [2.45, 2.75) is 11.9 Å². The van der Waals surface area contributed by atoms with Crippen LogP contribution in [0.15, 0.2) is 47.5 Å². The van der Waals surface area contributed by atoms with E-state index in [4.69, 9.17) is 27.9 Å². The molecule has 0 aliphatic carbocycles. The Hall–Kier alpha value is -1.90. The molecule has 1 amide bonds. The third-order valence-corrected chi connectivity index (χ3v) is 5.61. The fourth-order valence-corrected chi connectivity index (χ4v) is 4.01. The van der Waals surface area contributed by atoms with Gasteiger partial charge >= 0.3 is 6.18 Å². The zero-order valence-corrected chi connectivity index (χ0v) is 17.2. The van der Waals surface area contributed by atoms with Crippen molar-refractivity contribution in [3.05, 3.63) is 63.6 Å². The predicted octanol–water partition coefficient (Wildman–Crippen LogP) is 5.52. The molecule has 0 radical (unpaired) electrons. The molecule has 0 spiro atoms. The monoisotopic (exact) mass is 462 g/mol. The first-order chi connectivity index (χ1) is 13.7. The van der Waals surface area contributed by atoms with E-state index in [1.807, 2.05) is 0 Å². The maximum Gasteiger partial charge on any atom is 0.416 e. The lowest BCUT2D eigenvalue weighted by Gasteiger charge is -2.18. The van der Waals surface area contributed by atoms with Crippen LogP contribution in [0.2, 0.25) is 10.0 Å². The molecule has 0 atom stereocenters. The average Bonchev–Trinajstić information content (AvgIpc) is 3.14. The molecule has 1 aliphatic heterocycles. The highest BCUT2D eigenvalue weighted by atomic mass is 35.5. The van der Waals surface area contributed by atoms with E-state index in [2.05, 4.69) is 4.99 Å². The van der Waals surface area contributed by atoms with Gasteiger partial charge in [0.25, 0.3) is 5.91 Å². The Kier molecular flexibility index (Phi) is 6.97. The molecule has 154 valence electrons. The van der Waals surface area contributed by atoms with Gasteiger partial charge < -0.3 is 4.74 Å². The summed E-state index contributed by atoms with van der Waals surface area (Å²) < 4.78 is 43.4. The number of carbonyl (C=O) groups excluding carboxylic acids is 1. The van der Waals surface area contributed by atoms with E-state index < -0.39 is 11.7 Å². The molecule has 1 aliphatic rings. The average molecular weight is 463 g/mol. The first-order valence-corrected chi connectivity index (χ1v) is 10.2. The summed E-state index contributed by atoms with van der Waals surface area (Å²) in [6.45, 7) is 0.663. The van der Waals surface area contributed by atoms with Crippen LogP contribution in [-0.2, 0) is 16.7 Å². The fraction of sp³-hybridized carbons (Fsp3) is 0.263. The lowest BCUT2D eigenvalue weighted by atomic mass is 10.1. The van der Waals surface area contributed by atoms with Gasteiger partial charge in [0.2, 0.25) is 0 Å². The van der Waals surface area contributed by atoms with Crippen molar-refractivity contribution in [2.75, 3.05) is 19.7 Å². The smallest absolute Gasteiger partial charge is 0.416 e. The van der Waals surface area contributed by atoms with Gasteiger partial charge in [-0.15, -0.1) is 0 Å². The number of rotatable bonds is 5. The number of amides is 1. The highest BCUT2D eigenvalue weighted by molar-refractivity contribution is 8.13. The number of benzene rings is 2. The molecule has 10 heteroatoms. The number of hydrogen-bond donors (Lipinski definition) is 0. The summed E-state index contributed by atoms with van der Waals surface area (Å²) in [6, 6.07) is 9.63. The van der Waals surface area contributed by atoms with Crippen LogP contribution >= 0.6 is 35.0 Å². The van der Waals surface area contributed by atoms with Crippen LogP contribution in [0.4, 0.5) is 13.2 Å². The van der Waals surface area contributed by atoms with Crippen LogP contribution in [0.25, 0.3) is 0 Å². The van der Waals surface area contributed by atoms with Crippen LogP contribution in [0, 0.1) is 0 Å². The maximum absolute atomic E-state index is 12.6. The van der Waals surface area contributed by atoms with Crippen LogP contribution in [0.1, 0.15) is 11.1 Å². The lowest BCUT2D eigenvalue weighted by molar-refractivity contribution is -0.137. The van der Waals surface area contributed by atoms with Gasteiger partial charge in [-0.25, -0.2) is 0 Å². The zero-order valence-electron chi connectivity index (χ0n) is 14.9. The number of halogens is 5. The van der Waals surface area contributed by atoms with Crippen molar-refractivity contribution >= 4 is 46.0 Å². The summed E-state index contributed by atoms with van der Waals surface area (Å²) >= 11 is 13.1. The summed E-state index contributed by atoms with van der Waals surface area (Å²) in [5.74, 6) is 0.455. The number of amidine groups is 1. The second-order valence-corrected chi connectivity index (χ2v) is 7.84. The summed E-state index contributed by atoms with van der Waals surface area (Å²) in [6.07, 6.45) is -4.36. The molecular weight excluding hydrogens is 448 g/mol. The minimum absolute atomic E-state index is 0.221. The van der Waals surface area contributed by atoms with Gasteiger partial charge in [-0.3, -0.25) is 14.7 Å². The zero-order chi connectivity index (χ0) is 21.0. The molecule has 4 nitrogen and oxygen atoms in total. The second kappa shape index (κ2) is 9.28. The molecule has 0 unspecified atom stereocenters. The molecule has 0 N–H and O–H groups in total. The van der Waals surface area contributed by atoms with E-state index in [-0.39, 0.29) is 12.5 Å². The van der Waals surface area contributed by atoms with Crippen molar-refractivity contribution in [2.24, 2.45) is 4.99 Å². The van der Waals surface area contributed by atoms with Crippen LogP contribution < -0.4 is 4.74 Å². The minimum atomic E-state index is -4.36. The molecule has 3 rings (SSSR count).